The highest BCUT2D eigenvalue weighted by molar-refractivity contribution is 6.30. The minimum Gasteiger partial charge on any atom is -0.335 e. The molecule has 10 heteroatoms. The fraction of sp³-hybridized carbons (Fsp3) is 0.433. The van der Waals surface area contributed by atoms with Crippen LogP contribution in [0.4, 0.5) is 4.39 Å². The number of nitrogens with one attached hydrogen (secondary N) is 1. The van der Waals surface area contributed by atoms with Crippen LogP contribution in [-0.4, -0.2) is 67.6 Å². The van der Waals surface area contributed by atoms with E-state index < -0.39 is 11.4 Å². The average molecular weight is 567 g/mol. The van der Waals surface area contributed by atoms with Gasteiger partial charge >= 0.3 is 0 Å². The molecule has 4 rings (SSSR count). The van der Waals surface area contributed by atoms with Crippen LogP contribution in [0.2, 0.25) is 5.02 Å². The Kier molecular flexibility index (Phi) is 8.17. The maximum Gasteiger partial charge on any atom is 0.274 e. The highest BCUT2D eigenvalue weighted by atomic mass is 35.5. The Balaban J connectivity index is 1.67. The van der Waals surface area contributed by atoms with Crippen LogP contribution in [0.3, 0.4) is 0 Å². The molecule has 1 saturated heterocycles. The van der Waals surface area contributed by atoms with Crippen LogP contribution in [0.1, 0.15) is 70.4 Å². The van der Waals surface area contributed by atoms with Gasteiger partial charge in [-0.2, -0.15) is 5.10 Å². The van der Waals surface area contributed by atoms with Gasteiger partial charge in [0.2, 0.25) is 5.91 Å². The Morgan fingerprint density at radius 3 is 2.52 bits per heavy atom. The Labute approximate surface area is 239 Å². The van der Waals surface area contributed by atoms with Gasteiger partial charge in [0.05, 0.1) is 22.5 Å². The zero-order valence-corrected chi connectivity index (χ0v) is 24.6. The first-order chi connectivity index (χ1) is 18.8. The summed E-state index contributed by atoms with van der Waals surface area (Å²) in [6.07, 6.45) is 5.72. The molecular formula is C30H36ClFN6O2. The quantitative estimate of drug-likeness (QED) is 0.296. The van der Waals surface area contributed by atoms with Crippen LogP contribution in [0.5, 0.6) is 0 Å². The fourth-order valence-corrected chi connectivity index (χ4v) is 5.22. The number of hydrogen-bond donors (Lipinski definition) is 1. The molecule has 212 valence electrons. The number of fused-ring (bicyclic) bond motifs is 1. The maximum absolute atomic E-state index is 14.2. The zero-order chi connectivity index (χ0) is 29.4. The highest BCUT2D eigenvalue weighted by Gasteiger charge is 2.40. The lowest BCUT2D eigenvalue weighted by atomic mass is 9.87. The van der Waals surface area contributed by atoms with Gasteiger partial charge in [0.15, 0.2) is 5.65 Å². The summed E-state index contributed by atoms with van der Waals surface area (Å²) in [6, 6.07) is 6.43. The van der Waals surface area contributed by atoms with Gasteiger partial charge in [-0.25, -0.2) is 13.9 Å². The summed E-state index contributed by atoms with van der Waals surface area (Å²) in [5.74, 6) is -0.872. The maximum atomic E-state index is 14.2. The van der Waals surface area contributed by atoms with Crippen molar-refractivity contribution in [3.05, 3.63) is 64.2 Å². The summed E-state index contributed by atoms with van der Waals surface area (Å²) < 4.78 is 15.8. The molecule has 8 nitrogen and oxygen atoms in total. The number of imidazole rings is 1. The van der Waals surface area contributed by atoms with Gasteiger partial charge in [0.25, 0.3) is 5.91 Å². The number of amides is 2. The monoisotopic (exact) mass is 566 g/mol. The number of rotatable bonds is 6. The van der Waals surface area contributed by atoms with Crippen molar-refractivity contribution < 1.29 is 14.0 Å². The van der Waals surface area contributed by atoms with Crippen LogP contribution < -0.4 is 0 Å². The van der Waals surface area contributed by atoms with Crippen molar-refractivity contribution in [1.82, 2.24) is 24.4 Å². The normalized spacial score (nSPS) is 15.9. The van der Waals surface area contributed by atoms with Gasteiger partial charge in [-0.1, -0.05) is 51.8 Å². The van der Waals surface area contributed by atoms with E-state index in [4.69, 9.17) is 22.0 Å². The first-order valence-corrected chi connectivity index (χ1v) is 13.8. The number of benzene rings is 1. The van der Waals surface area contributed by atoms with E-state index in [0.29, 0.717) is 48.5 Å². The van der Waals surface area contributed by atoms with Gasteiger partial charge in [-0.3, -0.25) is 9.59 Å². The molecule has 0 bridgehead atoms. The second kappa shape index (κ2) is 11.1. The molecule has 40 heavy (non-hydrogen) atoms. The lowest BCUT2D eigenvalue weighted by Gasteiger charge is -2.47. The van der Waals surface area contributed by atoms with Crippen LogP contribution in [0.15, 0.2) is 42.1 Å². The average Bonchev–Trinajstić information content (AvgIpc) is 3.32. The third-order valence-electron chi connectivity index (χ3n) is 7.18. The number of piperazine rings is 1. The molecule has 0 aliphatic carbocycles. The largest absolute Gasteiger partial charge is 0.335 e. The summed E-state index contributed by atoms with van der Waals surface area (Å²) in [6.45, 7) is 13.1. The summed E-state index contributed by atoms with van der Waals surface area (Å²) in [5, 5.41) is 12.1. The van der Waals surface area contributed by atoms with Gasteiger partial charge in [0.1, 0.15) is 11.5 Å². The molecular weight excluding hydrogens is 531 g/mol. The first kappa shape index (κ1) is 29.4. The number of hydrogen-bond acceptors (Lipinski definition) is 5. The van der Waals surface area contributed by atoms with E-state index in [9.17, 15) is 14.0 Å². The molecule has 2 aromatic heterocycles. The summed E-state index contributed by atoms with van der Waals surface area (Å²) in [5.41, 5.74) is 2.40. The Morgan fingerprint density at radius 1 is 1.20 bits per heavy atom. The minimum absolute atomic E-state index is 0.0353. The van der Waals surface area contributed by atoms with E-state index in [0.717, 1.165) is 18.2 Å². The summed E-state index contributed by atoms with van der Waals surface area (Å²) >= 11 is 5.89. The Morgan fingerprint density at radius 2 is 1.93 bits per heavy atom. The summed E-state index contributed by atoms with van der Waals surface area (Å²) in [7, 11) is 0. The van der Waals surface area contributed by atoms with Crippen LogP contribution in [0, 0.1) is 11.2 Å². The van der Waals surface area contributed by atoms with Crippen molar-refractivity contribution in [2.45, 2.75) is 65.3 Å². The van der Waals surface area contributed by atoms with Crippen molar-refractivity contribution in [1.29, 1.82) is 5.41 Å². The van der Waals surface area contributed by atoms with Crippen molar-refractivity contribution in [3.8, 4) is 11.3 Å². The van der Waals surface area contributed by atoms with Crippen molar-refractivity contribution in [2.75, 3.05) is 19.6 Å². The molecule has 3 heterocycles. The number of allylic oxidation sites excluding steroid dienone is 1. The van der Waals surface area contributed by atoms with Gasteiger partial charge in [0, 0.05) is 42.5 Å². The number of halogens is 2. The molecule has 1 fully saturated rings. The smallest absolute Gasteiger partial charge is 0.274 e. The molecule has 3 aromatic rings. The SMILES string of the molecule is CCCC(=CC=N)C(=O)N1CCN(C(=O)c2cn3nc(-c4ccc(Cl)c(F)c4)cc(C(C)(C)C)c3n2)C(C)(C)C1. The molecule has 0 spiro atoms. The van der Waals surface area contributed by atoms with Crippen molar-refractivity contribution >= 4 is 35.3 Å². The van der Waals surface area contributed by atoms with Crippen molar-refractivity contribution in [2.24, 2.45) is 0 Å². The molecule has 1 aliphatic rings. The predicted molar refractivity (Wildman–Crippen MR) is 156 cm³/mol. The lowest BCUT2D eigenvalue weighted by Crippen LogP contribution is -2.62. The van der Waals surface area contributed by atoms with E-state index in [-0.39, 0.29) is 27.9 Å². The van der Waals surface area contributed by atoms with E-state index in [1.54, 1.807) is 32.7 Å². The number of aromatic nitrogens is 3. The fourth-order valence-electron chi connectivity index (χ4n) is 5.11. The van der Waals surface area contributed by atoms with E-state index >= 15 is 0 Å². The third-order valence-corrected chi connectivity index (χ3v) is 7.49. The second-order valence-electron chi connectivity index (χ2n) is 11.8. The highest BCUT2D eigenvalue weighted by Crippen LogP contribution is 2.32. The molecule has 1 aromatic carbocycles. The van der Waals surface area contributed by atoms with E-state index in [1.165, 1.54) is 12.1 Å². The molecule has 0 radical (unpaired) electrons. The molecule has 1 N–H and O–H groups in total. The van der Waals surface area contributed by atoms with Crippen molar-refractivity contribution in [3.63, 3.8) is 0 Å². The zero-order valence-electron chi connectivity index (χ0n) is 23.9. The van der Waals surface area contributed by atoms with E-state index in [2.05, 4.69) is 5.10 Å². The predicted octanol–water partition coefficient (Wildman–Crippen LogP) is 5.93. The summed E-state index contributed by atoms with van der Waals surface area (Å²) in [4.78, 5) is 35.2. The third kappa shape index (κ3) is 5.80. The van der Waals surface area contributed by atoms with E-state index in [1.807, 2.05) is 47.6 Å². The topological polar surface area (TPSA) is 94.7 Å². The van der Waals surface area contributed by atoms with Crippen LogP contribution in [0.25, 0.3) is 16.9 Å². The Bertz CT molecular complexity index is 1500. The van der Waals surface area contributed by atoms with Gasteiger partial charge in [-0.05, 0) is 50.0 Å². The lowest BCUT2D eigenvalue weighted by molar-refractivity contribution is -0.131. The molecule has 0 unspecified atom stereocenters. The Hall–Kier alpha value is -3.59. The number of nitrogens with zero attached hydrogens (tertiary/aromatic N) is 5. The number of carbonyl (C=O) groups excluding carboxylic acids is 2. The van der Waals surface area contributed by atoms with Crippen LogP contribution >= 0.6 is 11.6 Å². The molecule has 0 atom stereocenters. The molecule has 1 aliphatic heterocycles. The molecule has 2 amide bonds. The second-order valence-corrected chi connectivity index (χ2v) is 12.2. The van der Waals surface area contributed by atoms with Gasteiger partial charge < -0.3 is 15.2 Å². The standard InChI is InChI=1S/C30H36ClFN6O2/c1-7-8-19(11-12-33)27(39)36-13-14-37(30(5,6)18-36)28(40)25-17-38-26(34-25)21(29(2,3)4)16-24(35-38)20-9-10-22(31)23(32)15-20/h9-12,15-17,33H,7-8,13-14,18H2,1-6H3. The number of carbonyl (C=O) groups is 2. The first-order valence-electron chi connectivity index (χ1n) is 13.4. The minimum atomic E-state index is -0.644. The van der Waals surface area contributed by atoms with Crippen LogP contribution in [-0.2, 0) is 10.2 Å². The van der Waals surface area contributed by atoms with Gasteiger partial charge in [-0.15, -0.1) is 0 Å². The molecule has 0 saturated carbocycles.